The minimum absolute atomic E-state index is 0.400. The molecule has 3 heteroatoms. The van der Waals surface area contributed by atoms with Crippen molar-refractivity contribution >= 4 is 0 Å². The van der Waals surface area contributed by atoms with E-state index in [4.69, 9.17) is 5.73 Å². The Morgan fingerprint density at radius 3 is 2.56 bits per heavy atom. The second-order valence-electron chi connectivity index (χ2n) is 7.04. The molecule has 2 N–H and O–H groups in total. The SMILES string of the molecule is CC1CC(C)C(N2CCN3CCCC3C2)C(N)C1. The van der Waals surface area contributed by atoms with Crippen LogP contribution in [0.3, 0.4) is 0 Å². The summed E-state index contributed by atoms with van der Waals surface area (Å²) in [5.41, 5.74) is 6.47. The highest BCUT2D eigenvalue weighted by molar-refractivity contribution is 4.96. The quantitative estimate of drug-likeness (QED) is 0.767. The number of nitrogens with zero attached hydrogens (tertiary/aromatic N) is 2. The van der Waals surface area contributed by atoms with Gasteiger partial charge in [-0.25, -0.2) is 0 Å². The van der Waals surface area contributed by atoms with Crippen molar-refractivity contribution in [3.05, 3.63) is 0 Å². The molecule has 0 aromatic rings. The van der Waals surface area contributed by atoms with Crippen LogP contribution in [0.5, 0.6) is 0 Å². The summed E-state index contributed by atoms with van der Waals surface area (Å²) in [4.78, 5) is 5.42. The van der Waals surface area contributed by atoms with E-state index >= 15 is 0 Å². The average Bonchev–Trinajstić information content (AvgIpc) is 2.74. The van der Waals surface area contributed by atoms with Crippen LogP contribution in [0.2, 0.25) is 0 Å². The first-order valence-electron chi connectivity index (χ1n) is 7.89. The normalized spacial score (nSPS) is 47.2. The van der Waals surface area contributed by atoms with E-state index in [9.17, 15) is 0 Å². The monoisotopic (exact) mass is 251 g/mol. The molecule has 5 unspecified atom stereocenters. The van der Waals surface area contributed by atoms with Gasteiger partial charge in [0.1, 0.15) is 0 Å². The molecule has 2 aliphatic heterocycles. The fraction of sp³-hybridized carbons (Fsp3) is 1.00. The van der Waals surface area contributed by atoms with Gasteiger partial charge in [-0.3, -0.25) is 9.80 Å². The van der Waals surface area contributed by atoms with Gasteiger partial charge < -0.3 is 5.73 Å². The maximum atomic E-state index is 6.47. The Hall–Kier alpha value is -0.120. The number of hydrogen-bond acceptors (Lipinski definition) is 3. The fourth-order valence-corrected chi connectivity index (χ4v) is 4.81. The van der Waals surface area contributed by atoms with E-state index < -0.39 is 0 Å². The van der Waals surface area contributed by atoms with Crippen LogP contribution in [-0.2, 0) is 0 Å². The molecule has 0 aromatic heterocycles. The largest absolute Gasteiger partial charge is 0.326 e. The molecule has 3 rings (SSSR count). The summed E-state index contributed by atoms with van der Waals surface area (Å²) in [6.07, 6.45) is 5.40. The Kier molecular flexibility index (Phi) is 3.65. The van der Waals surface area contributed by atoms with Crippen LogP contribution in [-0.4, -0.2) is 54.1 Å². The molecule has 0 spiro atoms. The zero-order chi connectivity index (χ0) is 12.7. The van der Waals surface area contributed by atoms with Crippen molar-refractivity contribution < 1.29 is 0 Å². The van der Waals surface area contributed by atoms with Gasteiger partial charge in [0, 0.05) is 37.8 Å². The van der Waals surface area contributed by atoms with E-state index in [1.165, 1.54) is 51.9 Å². The van der Waals surface area contributed by atoms with Crippen molar-refractivity contribution in [3.8, 4) is 0 Å². The Morgan fingerprint density at radius 2 is 1.78 bits per heavy atom. The van der Waals surface area contributed by atoms with Crippen LogP contribution < -0.4 is 5.73 Å². The van der Waals surface area contributed by atoms with E-state index in [0.29, 0.717) is 12.1 Å². The van der Waals surface area contributed by atoms with Gasteiger partial charge in [-0.15, -0.1) is 0 Å². The topological polar surface area (TPSA) is 32.5 Å². The first-order chi connectivity index (χ1) is 8.65. The van der Waals surface area contributed by atoms with Crippen molar-refractivity contribution in [2.75, 3.05) is 26.2 Å². The second-order valence-corrected chi connectivity index (χ2v) is 7.04. The zero-order valence-electron chi connectivity index (χ0n) is 12.0. The van der Waals surface area contributed by atoms with Crippen LogP contribution in [0, 0.1) is 11.8 Å². The summed E-state index contributed by atoms with van der Waals surface area (Å²) in [6.45, 7) is 9.91. The standard InChI is InChI=1S/C15H29N3/c1-11-8-12(2)15(14(16)9-11)18-7-6-17-5-3-4-13(17)10-18/h11-15H,3-10,16H2,1-2H3. The molecule has 0 radical (unpaired) electrons. The van der Waals surface area contributed by atoms with Crippen LogP contribution >= 0.6 is 0 Å². The second kappa shape index (κ2) is 5.10. The Morgan fingerprint density at radius 1 is 1.00 bits per heavy atom. The molecule has 0 amide bonds. The lowest BCUT2D eigenvalue weighted by Crippen LogP contribution is -2.61. The smallest absolute Gasteiger partial charge is 0.0274 e. The lowest BCUT2D eigenvalue weighted by atomic mass is 9.76. The summed E-state index contributed by atoms with van der Waals surface area (Å²) >= 11 is 0. The van der Waals surface area contributed by atoms with Crippen molar-refractivity contribution in [2.45, 2.75) is 57.7 Å². The number of rotatable bonds is 1. The molecule has 1 aliphatic carbocycles. The highest BCUT2D eigenvalue weighted by Gasteiger charge is 2.40. The third kappa shape index (κ3) is 2.33. The molecule has 2 saturated heterocycles. The van der Waals surface area contributed by atoms with Gasteiger partial charge in [0.05, 0.1) is 0 Å². The number of nitrogens with two attached hydrogens (primary N) is 1. The summed E-state index contributed by atoms with van der Waals surface area (Å²) < 4.78 is 0. The van der Waals surface area contributed by atoms with Gasteiger partial charge in [0.25, 0.3) is 0 Å². The van der Waals surface area contributed by atoms with Gasteiger partial charge in [0.15, 0.2) is 0 Å². The molecule has 0 aromatic carbocycles. The number of piperazine rings is 1. The average molecular weight is 251 g/mol. The minimum Gasteiger partial charge on any atom is -0.326 e. The lowest BCUT2D eigenvalue weighted by molar-refractivity contribution is 0.0179. The van der Waals surface area contributed by atoms with Gasteiger partial charge in [-0.2, -0.15) is 0 Å². The maximum Gasteiger partial charge on any atom is 0.0274 e. The van der Waals surface area contributed by atoms with Crippen LogP contribution in [0.4, 0.5) is 0 Å². The molecular weight excluding hydrogens is 222 g/mol. The predicted octanol–water partition coefficient (Wildman–Crippen LogP) is 1.53. The van der Waals surface area contributed by atoms with E-state index in [1.807, 2.05) is 0 Å². The number of hydrogen-bond donors (Lipinski definition) is 1. The van der Waals surface area contributed by atoms with Gasteiger partial charge >= 0.3 is 0 Å². The van der Waals surface area contributed by atoms with E-state index in [0.717, 1.165) is 17.9 Å². The van der Waals surface area contributed by atoms with E-state index in [-0.39, 0.29) is 0 Å². The van der Waals surface area contributed by atoms with Crippen LogP contribution in [0.15, 0.2) is 0 Å². The highest BCUT2D eigenvalue weighted by atomic mass is 15.3. The van der Waals surface area contributed by atoms with Crippen LogP contribution in [0.25, 0.3) is 0 Å². The summed E-state index contributed by atoms with van der Waals surface area (Å²) in [7, 11) is 0. The summed E-state index contributed by atoms with van der Waals surface area (Å²) in [5, 5.41) is 0. The van der Waals surface area contributed by atoms with Crippen molar-refractivity contribution in [1.29, 1.82) is 0 Å². The first-order valence-corrected chi connectivity index (χ1v) is 7.89. The fourth-order valence-electron chi connectivity index (χ4n) is 4.81. The van der Waals surface area contributed by atoms with Crippen molar-refractivity contribution in [1.82, 2.24) is 9.80 Å². The molecule has 1 saturated carbocycles. The lowest BCUT2D eigenvalue weighted by Gasteiger charge is -2.48. The Labute approximate surface area is 112 Å². The molecule has 5 atom stereocenters. The zero-order valence-corrected chi connectivity index (χ0v) is 12.0. The van der Waals surface area contributed by atoms with Crippen LogP contribution in [0.1, 0.15) is 39.5 Å². The van der Waals surface area contributed by atoms with Gasteiger partial charge in [-0.05, 0) is 44.1 Å². The van der Waals surface area contributed by atoms with Gasteiger partial charge in [0.2, 0.25) is 0 Å². The Bertz CT molecular complexity index is 281. The minimum atomic E-state index is 0.400. The molecular formula is C15H29N3. The first kappa shape index (κ1) is 12.9. The molecule has 3 fully saturated rings. The molecule has 3 nitrogen and oxygen atoms in total. The predicted molar refractivity (Wildman–Crippen MR) is 75.5 cm³/mol. The molecule has 0 bridgehead atoms. The third-order valence-electron chi connectivity index (χ3n) is 5.51. The Balaban J connectivity index is 1.66. The van der Waals surface area contributed by atoms with E-state index in [2.05, 4.69) is 23.6 Å². The molecule has 18 heavy (non-hydrogen) atoms. The van der Waals surface area contributed by atoms with E-state index in [1.54, 1.807) is 0 Å². The highest BCUT2D eigenvalue weighted by Crippen LogP contribution is 2.33. The summed E-state index contributed by atoms with van der Waals surface area (Å²) in [5.74, 6) is 1.59. The molecule has 3 aliphatic rings. The van der Waals surface area contributed by atoms with Gasteiger partial charge in [-0.1, -0.05) is 13.8 Å². The molecule has 104 valence electrons. The molecule has 2 heterocycles. The maximum absolute atomic E-state index is 6.47. The summed E-state index contributed by atoms with van der Waals surface area (Å²) in [6, 6.07) is 1.87. The number of fused-ring (bicyclic) bond motifs is 1. The van der Waals surface area contributed by atoms with Crippen molar-refractivity contribution in [3.63, 3.8) is 0 Å². The van der Waals surface area contributed by atoms with Crippen molar-refractivity contribution in [2.24, 2.45) is 17.6 Å². The third-order valence-corrected chi connectivity index (χ3v) is 5.51.